The van der Waals surface area contributed by atoms with E-state index >= 15 is 0 Å². The smallest absolute Gasteiger partial charge is 0.261 e. The Hall–Kier alpha value is -1.27. The summed E-state index contributed by atoms with van der Waals surface area (Å²) in [5, 5.41) is 0.691. The van der Waals surface area contributed by atoms with Crippen molar-refractivity contribution < 1.29 is 13.2 Å². The standard InChI is InChI=1S/C13H8Cl3NO3S/c14-9-1-4-13(8(5-9)7-18)17-21(19,20)10-2-3-11(15)12(16)6-10/h1-7,17H. The summed E-state index contributed by atoms with van der Waals surface area (Å²) in [6, 6.07) is 8.15. The van der Waals surface area contributed by atoms with Crippen LogP contribution in [0.25, 0.3) is 0 Å². The largest absolute Gasteiger partial charge is 0.298 e. The van der Waals surface area contributed by atoms with Gasteiger partial charge >= 0.3 is 0 Å². The molecule has 0 atom stereocenters. The zero-order valence-corrected chi connectivity index (χ0v) is 13.4. The average Bonchev–Trinajstić information content (AvgIpc) is 2.43. The fourth-order valence-corrected chi connectivity index (χ4v) is 3.23. The Balaban J connectivity index is 2.42. The zero-order chi connectivity index (χ0) is 15.6. The van der Waals surface area contributed by atoms with Crippen LogP contribution in [0, 0.1) is 0 Å². The van der Waals surface area contributed by atoms with Gasteiger partial charge in [-0.25, -0.2) is 8.42 Å². The third kappa shape index (κ3) is 3.68. The number of nitrogens with one attached hydrogen (secondary N) is 1. The van der Waals surface area contributed by atoms with E-state index in [2.05, 4.69) is 4.72 Å². The minimum Gasteiger partial charge on any atom is -0.298 e. The van der Waals surface area contributed by atoms with Gasteiger partial charge < -0.3 is 0 Å². The van der Waals surface area contributed by atoms with Gasteiger partial charge in [-0.3, -0.25) is 9.52 Å². The first-order valence-electron chi connectivity index (χ1n) is 5.56. The Morgan fingerprint density at radius 1 is 0.952 bits per heavy atom. The highest BCUT2D eigenvalue weighted by molar-refractivity contribution is 7.92. The topological polar surface area (TPSA) is 63.2 Å². The molecule has 21 heavy (non-hydrogen) atoms. The minimum absolute atomic E-state index is 0.0660. The van der Waals surface area contributed by atoms with E-state index in [1.54, 1.807) is 0 Å². The van der Waals surface area contributed by atoms with Crippen LogP contribution >= 0.6 is 34.8 Å². The van der Waals surface area contributed by atoms with Crippen molar-refractivity contribution in [3.63, 3.8) is 0 Å². The zero-order valence-electron chi connectivity index (χ0n) is 10.3. The van der Waals surface area contributed by atoms with Crippen LogP contribution in [0.1, 0.15) is 10.4 Å². The van der Waals surface area contributed by atoms with Gasteiger partial charge in [0.15, 0.2) is 6.29 Å². The highest BCUT2D eigenvalue weighted by Gasteiger charge is 2.17. The van der Waals surface area contributed by atoms with Crippen molar-refractivity contribution in [3.8, 4) is 0 Å². The van der Waals surface area contributed by atoms with Gasteiger partial charge in [0, 0.05) is 10.6 Å². The first-order valence-corrected chi connectivity index (χ1v) is 8.18. The van der Waals surface area contributed by atoms with Crippen molar-refractivity contribution in [2.75, 3.05) is 4.72 Å². The van der Waals surface area contributed by atoms with Crippen LogP contribution in [0.4, 0.5) is 5.69 Å². The predicted octanol–water partition coefficient (Wildman–Crippen LogP) is 4.26. The van der Waals surface area contributed by atoms with E-state index in [9.17, 15) is 13.2 Å². The van der Waals surface area contributed by atoms with E-state index in [-0.39, 0.29) is 26.2 Å². The highest BCUT2D eigenvalue weighted by Crippen LogP contribution is 2.27. The van der Waals surface area contributed by atoms with Gasteiger partial charge in [-0.15, -0.1) is 0 Å². The normalized spacial score (nSPS) is 11.2. The molecule has 0 aromatic heterocycles. The van der Waals surface area contributed by atoms with Gasteiger partial charge in [0.05, 0.1) is 20.6 Å². The van der Waals surface area contributed by atoms with Gasteiger partial charge in [-0.05, 0) is 36.4 Å². The maximum absolute atomic E-state index is 12.3. The Labute approximate surface area is 136 Å². The molecule has 0 saturated carbocycles. The van der Waals surface area contributed by atoms with Gasteiger partial charge in [-0.1, -0.05) is 34.8 Å². The lowest BCUT2D eigenvalue weighted by molar-refractivity contribution is 0.112. The summed E-state index contributed by atoms with van der Waals surface area (Å²) in [7, 11) is -3.89. The highest BCUT2D eigenvalue weighted by atomic mass is 35.5. The van der Waals surface area contributed by atoms with E-state index in [0.29, 0.717) is 11.3 Å². The van der Waals surface area contributed by atoms with Crippen molar-refractivity contribution in [2.24, 2.45) is 0 Å². The van der Waals surface area contributed by atoms with Crippen molar-refractivity contribution in [1.29, 1.82) is 0 Å². The molecule has 0 radical (unpaired) electrons. The fraction of sp³-hybridized carbons (Fsp3) is 0. The Morgan fingerprint density at radius 2 is 1.67 bits per heavy atom. The predicted molar refractivity (Wildman–Crippen MR) is 84.1 cm³/mol. The molecule has 2 aromatic carbocycles. The number of anilines is 1. The van der Waals surface area contributed by atoms with E-state index in [0.717, 1.165) is 0 Å². The van der Waals surface area contributed by atoms with Crippen molar-refractivity contribution >= 4 is 56.8 Å². The Bertz CT molecular complexity index is 806. The SMILES string of the molecule is O=Cc1cc(Cl)ccc1NS(=O)(=O)c1ccc(Cl)c(Cl)c1. The van der Waals surface area contributed by atoms with E-state index in [4.69, 9.17) is 34.8 Å². The third-order valence-corrected chi connectivity index (χ3v) is 4.92. The summed E-state index contributed by atoms with van der Waals surface area (Å²) in [6.07, 6.45) is 0.512. The summed E-state index contributed by atoms with van der Waals surface area (Å²) < 4.78 is 26.8. The van der Waals surface area contributed by atoms with Crippen LogP contribution < -0.4 is 4.72 Å². The van der Waals surface area contributed by atoms with Crippen LogP contribution in [0.5, 0.6) is 0 Å². The molecule has 0 bridgehead atoms. The molecule has 0 saturated heterocycles. The molecular formula is C13H8Cl3NO3S. The number of carbonyl (C=O) groups excluding carboxylic acids is 1. The maximum Gasteiger partial charge on any atom is 0.261 e. The molecule has 2 rings (SSSR count). The molecule has 1 N–H and O–H groups in total. The van der Waals surface area contributed by atoms with Crippen molar-refractivity contribution in [1.82, 2.24) is 0 Å². The van der Waals surface area contributed by atoms with Gasteiger partial charge in [0.1, 0.15) is 0 Å². The van der Waals surface area contributed by atoms with Crippen molar-refractivity contribution in [3.05, 3.63) is 57.0 Å². The number of aldehydes is 1. The molecule has 0 amide bonds. The summed E-state index contributed by atoms with van der Waals surface area (Å²) in [5.74, 6) is 0. The van der Waals surface area contributed by atoms with Gasteiger partial charge in [0.25, 0.3) is 10.0 Å². The number of halogens is 3. The van der Waals surface area contributed by atoms with Gasteiger partial charge in [-0.2, -0.15) is 0 Å². The molecule has 8 heteroatoms. The van der Waals surface area contributed by atoms with Crippen LogP contribution in [-0.4, -0.2) is 14.7 Å². The van der Waals surface area contributed by atoms with Gasteiger partial charge in [0.2, 0.25) is 0 Å². The van der Waals surface area contributed by atoms with Crippen molar-refractivity contribution in [2.45, 2.75) is 4.90 Å². The number of sulfonamides is 1. The molecule has 2 aromatic rings. The summed E-state index contributed by atoms with van der Waals surface area (Å²) >= 11 is 17.3. The molecule has 0 unspecified atom stereocenters. The van der Waals surface area contributed by atoms with Crippen LogP contribution in [-0.2, 0) is 10.0 Å². The molecule has 0 heterocycles. The minimum atomic E-state index is -3.89. The van der Waals surface area contributed by atoms with Crippen LogP contribution in [0.2, 0.25) is 15.1 Å². The van der Waals surface area contributed by atoms with Crippen LogP contribution in [0.3, 0.4) is 0 Å². The molecule has 0 aliphatic heterocycles. The van der Waals surface area contributed by atoms with E-state index < -0.39 is 10.0 Å². The quantitative estimate of drug-likeness (QED) is 0.824. The Morgan fingerprint density at radius 3 is 2.29 bits per heavy atom. The van der Waals surface area contributed by atoms with Crippen LogP contribution in [0.15, 0.2) is 41.3 Å². The maximum atomic E-state index is 12.3. The molecular weight excluding hydrogens is 357 g/mol. The summed E-state index contributed by atoms with van der Waals surface area (Å²) in [6.45, 7) is 0. The molecule has 0 fully saturated rings. The second kappa shape index (κ2) is 6.23. The third-order valence-electron chi connectivity index (χ3n) is 2.59. The lowest BCUT2D eigenvalue weighted by Gasteiger charge is -2.10. The van der Waals surface area contributed by atoms with E-state index in [1.807, 2.05) is 0 Å². The average molecular weight is 365 g/mol. The van der Waals surface area contributed by atoms with E-state index in [1.165, 1.54) is 36.4 Å². The fourth-order valence-electron chi connectivity index (χ4n) is 1.57. The lowest BCUT2D eigenvalue weighted by Crippen LogP contribution is -2.14. The second-order valence-electron chi connectivity index (χ2n) is 4.03. The molecule has 0 aliphatic carbocycles. The lowest BCUT2D eigenvalue weighted by atomic mass is 10.2. The first kappa shape index (κ1) is 16.1. The number of carbonyl (C=O) groups is 1. The first-order chi connectivity index (χ1) is 9.83. The summed E-state index contributed by atoms with van der Waals surface area (Å²) in [4.78, 5) is 10.9. The number of hydrogen-bond acceptors (Lipinski definition) is 3. The molecule has 0 aliphatic rings. The molecule has 110 valence electrons. The Kier molecular flexibility index (Phi) is 4.78. The number of benzene rings is 2. The number of rotatable bonds is 4. The molecule has 4 nitrogen and oxygen atoms in total. The molecule has 0 spiro atoms. The monoisotopic (exact) mass is 363 g/mol. The summed E-state index contributed by atoms with van der Waals surface area (Å²) in [5.41, 5.74) is 0.256. The second-order valence-corrected chi connectivity index (χ2v) is 6.96. The number of hydrogen-bond donors (Lipinski definition) is 1.